The summed E-state index contributed by atoms with van der Waals surface area (Å²) in [7, 11) is 0. The highest BCUT2D eigenvalue weighted by Crippen LogP contribution is 2.26. The molecule has 0 saturated heterocycles. The van der Waals surface area contributed by atoms with Crippen molar-refractivity contribution in [2.75, 3.05) is 11.9 Å². The lowest BCUT2D eigenvalue weighted by Gasteiger charge is -2.13. The molecule has 1 N–H and O–H groups in total. The molecule has 0 fully saturated rings. The van der Waals surface area contributed by atoms with Crippen LogP contribution in [0.15, 0.2) is 48.5 Å². The van der Waals surface area contributed by atoms with Gasteiger partial charge in [0.2, 0.25) is 0 Å². The van der Waals surface area contributed by atoms with Gasteiger partial charge in [0.25, 0.3) is 5.91 Å². The van der Waals surface area contributed by atoms with Gasteiger partial charge in [-0.25, -0.2) is 4.98 Å². The molecule has 0 spiro atoms. The molecule has 4 aromatic rings. The number of nitrogens with zero attached hydrogens (tertiary/aromatic N) is 3. The average Bonchev–Trinajstić information content (AvgIpc) is 3.13. The van der Waals surface area contributed by atoms with E-state index in [9.17, 15) is 4.79 Å². The number of hydrogen-bond acceptors (Lipinski definition) is 4. The zero-order chi connectivity index (χ0) is 23.7. The van der Waals surface area contributed by atoms with Crippen molar-refractivity contribution in [3.8, 4) is 11.6 Å². The Hall–Kier alpha value is -3.67. The summed E-state index contributed by atoms with van der Waals surface area (Å²) < 4.78 is 7.40. The lowest BCUT2D eigenvalue weighted by atomic mass is 10.0. The van der Waals surface area contributed by atoms with E-state index >= 15 is 0 Å². The van der Waals surface area contributed by atoms with Crippen LogP contribution in [0.1, 0.15) is 46.6 Å². The Morgan fingerprint density at radius 3 is 2.42 bits per heavy atom. The SMILES string of the molecule is Cc1cc(C)c2nc(-n3nc(C)cc3NC(=O)c3ccc(OCC(C)C)cc3)cc(C)c2c1. The van der Waals surface area contributed by atoms with E-state index < -0.39 is 0 Å². The van der Waals surface area contributed by atoms with Gasteiger partial charge in [-0.15, -0.1) is 0 Å². The maximum atomic E-state index is 12.9. The molecule has 2 aromatic heterocycles. The second-order valence-electron chi connectivity index (χ2n) is 9.04. The van der Waals surface area contributed by atoms with E-state index in [0.29, 0.717) is 29.7 Å². The minimum absolute atomic E-state index is 0.212. The van der Waals surface area contributed by atoms with Crippen LogP contribution in [-0.2, 0) is 0 Å². The monoisotopic (exact) mass is 442 g/mol. The van der Waals surface area contributed by atoms with Crippen LogP contribution in [0.2, 0.25) is 0 Å². The van der Waals surface area contributed by atoms with Gasteiger partial charge < -0.3 is 10.1 Å². The van der Waals surface area contributed by atoms with Crippen molar-refractivity contribution in [2.45, 2.75) is 41.5 Å². The Morgan fingerprint density at radius 1 is 1.00 bits per heavy atom. The molecule has 2 aromatic carbocycles. The number of fused-ring (bicyclic) bond motifs is 1. The topological polar surface area (TPSA) is 69.0 Å². The Morgan fingerprint density at radius 2 is 1.73 bits per heavy atom. The molecule has 0 bridgehead atoms. The number of pyridine rings is 1. The zero-order valence-electron chi connectivity index (χ0n) is 20.1. The van der Waals surface area contributed by atoms with Gasteiger partial charge in [0, 0.05) is 17.0 Å². The van der Waals surface area contributed by atoms with Crippen molar-refractivity contribution in [3.63, 3.8) is 0 Å². The number of amides is 1. The van der Waals surface area contributed by atoms with Crippen LogP contribution in [0.4, 0.5) is 5.82 Å². The molecule has 33 heavy (non-hydrogen) atoms. The number of nitrogens with one attached hydrogen (secondary N) is 1. The summed E-state index contributed by atoms with van der Waals surface area (Å²) in [6.45, 7) is 13.0. The smallest absolute Gasteiger partial charge is 0.256 e. The molecule has 1 amide bonds. The lowest BCUT2D eigenvalue weighted by molar-refractivity contribution is 0.102. The Labute approximate surface area is 194 Å². The molecule has 6 nitrogen and oxygen atoms in total. The molecule has 2 heterocycles. The standard InChI is InChI=1S/C27H30N4O2/c1-16(2)15-33-22-9-7-21(8-10-22)27(32)29-25-14-20(6)30-31(25)24-13-18(4)23-12-17(3)11-19(5)26(23)28-24/h7-14,16H,15H2,1-6H3,(H,29,32). The average molecular weight is 443 g/mol. The van der Waals surface area contributed by atoms with E-state index in [-0.39, 0.29) is 5.91 Å². The first kappa shape index (κ1) is 22.5. The lowest BCUT2D eigenvalue weighted by Crippen LogP contribution is -2.16. The number of ether oxygens (including phenoxy) is 1. The summed E-state index contributed by atoms with van der Waals surface area (Å²) in [4.78, 5) is 17.8. The van der Waals surface area contributed by atoms with Gasteiger partial charge in [-0.1, -0.05) is 25.5 Å². The highest BCUT2D eigenvalue weighted by Gasteiger charge is 2.15. The molecule has 170 valence electrons. The number of anilines is 1. The van der Waals surface area contributed by atoms with Crippen molar-refractivity contribution < 1.29 is 9.53 Å². The summed E-state index contributed by atoms with van der Waals surface area (Å²) in [6, 6.07) is 15.3. The third kappa shape index (κ3) is 4.90. The highest BCUT2D eigenvalue weighted by molar-refractivity contribution is 6.04. The van der Waals surface area contributed by atoms with Gasteiger partial charge in [0.05, 0.1) is 17.8 Å². The van der Waals surface area contributed by atoms with E-state index in [4.69, 9.17) is 9.72 Å². The molecule has 0 aliphatic rings. The summed E-state index contributed by atoms with van der Waals surface area (Å²) in [6.07, 6.45) is 0. The quantitative estimate of drug-likeness (QED) is 0.401. The third-order valence-corrected chi connectivity index (χ3v) is 5.43. The number of hydrogen-bond donors (Lipinski definition) is 1. The molecule has 0 aliphatic heterocycles. The highest BCUT2D eigenvalue weighted by atomic mass is 16.5. The summed E-state index contributed by atoms with van der Waals surface area (Å²) in [5, 5.41) is 8.71. The van der Waals surface area contributed by atoms with E-state index in [0.717, 1.165) is 33.5 Å². The molecule has 0 atom stereocenters. The molecular formula is C27H30N4O2. The summed E-state index contributed by atoms with van der Waals surface area (Å²) in [5.41, 5.74) is 5.72. The van der Waals surface area contributed by atoms with Crippen LogP contribution < -0.4 is 10.1 Å². The van der Waals surface area contributed by atoms with Gasteiger partial charge in [-0.3, -0.25) is 4.79 Å². The first-order valence-corrected chi connectivity index (χ1v) is 11.2. The summed E-state index contributed by atoms with van der Waals surface area (Å²) >= 11 is 0. The van der Waals surface area contributed by atoms with Crippen LogP contribution in [0.3, 0.4) is 0 Å². The molecule has 4 rings (SSSR count). The summed E-state index contributed by atoms with van der Waals surface area (Å²) in [5.74, 6) is 2.23. The second kappa shape index (κ2) is 9.06. The maximum absolute atomic E-state index is 12.9. The molecule has 0 unspecified atom stereocenters. The number of benzene rings is 2. The third-order valence-electron chi connectivity index (χ3n) is 5.43. The number of carbonyl (C=O) groups is 1. The maximum Gasteiger partial charge on any atom is 0.256 e. The Balaban J connectivity index is 1.62. The molecule has 0 aliphatic carbocycles. The minimum Gasteiger partial charge on any atom is -0.493 e. The largest absolute Gasteiger partial charge is 0.493 e. The van der Waals surface area contributed by atoms with E-state index in [2.05, 4.69) is 57.2 Å². The van der Waals surface area contributed by atoms with E-state index in [1.807, 2.05) is 31.2 Å². The van der Waals surface area contributed by atoms with Crippen molar-refractivity contribution >= 4 is 22.6 Å². The number of aryl methyl sites for hydroxylation is 4. The zero-order valence-corrected chi connectivity index (χ0v) is 20.1. The van der Waals surface area contributed by atoms with Gasteiger partial charge in [-0.05, 0) is 81.1 Å². The predicted molar refractivity (Wildman–Crippen MR) is 133 cm³/mol. The van der Waals surface area contributed by atoms with E-state index in [1.165, 1.54) is 5.56 Å². The molecule has 0 radical (unpaired) electrons. The molecular weight excluding hydrogens is 412 g/mol. The Kier molecular flexibility index (Phi) is 6.18. The van der Waals surface area contributed by atoms with Crippen molar-refractivity contribution in [2.24, 2.45) is 5.92 Å². The van der Waals surface area contributed by atoms with Crippen LogP contribution >= 0.6 is 0 Å². The first-order chi connectivity index (χ1) is 15.7. The van der Waals surface area contributed by atoms with Crippen LogP contribution in [-0.4, -0.2) is 27.3 Å². The fourth-order valence-electron chi connectivity index (χ4n) is 3.85. The van der Waals surface area contributed by atoms with Crippen LogP contribution in [0, 0.1) is 33.6 Å². The molecule has 6 heteroatoms. The minimum atomic E-state index is -0.212. The predicted octanol–water partition coefficient (Wildman–Crippen LogP) is 5.94. The van der Waals surface area contributed by atoms with Crippen molar-refractivity contribution in [1.82, 2.24) is 14.8 Å². The second-order valence-corrected chi connectivity index (χ2v) is 9.04. The fraction of sp³-hybridized carbons (Fsp3) is 0.296. The van der Waals surface area contributed by atoms with Gasteiger partial charge in [0.15, 0.2) is 5.82 Å². The van der Waals surface area contributed by atoms with Crippen LogP contribution in [0.5, 0.6) is 5.75 Å². The van der Waals surface area contributed by atoms with Crippen molar-refractivity contribution in [1.29, 1.82) is 0 Å². The number of rotatable bonds is 6. The normalized spacial score (nSPS) is 11.2. The van der Waals surface area contributed by atoms with Crippen LogP contribution in [0.25, 0.3) is 16.7 Å². The van der Waals surface area contributed by atoms with Gasteiger partial charge >= 0.3 is 0 Å². The number of carbonyl (C=O) groups excluding carboxylic acids is 1. The first-order valence-electron chi connectivity index (χ1n) is 11.2. The van der Waals surface area contributed by atoms with E-state index in [1.54, 1.807) is 16.8 Å². The number of aromatic nitrogens is 3. The van der Waals surface area contributed by atoms with Gasteiger partial charge in [0.1, 0.15) is 11.6 Å². The Bertz CT molecular complexity index is 1320. The fourth-order valence-corrected chi connectivity index (χ4v) is 3.85. The van der Waals surface area contributed by atoms with Crippen molar-refractivity contribution in [3.05, 3.63) is 76.5 Å². The molecule has 0 saturated carbocycles. The van der Waals surface area contributed by atoms with Gasteiger partial charge in [-0.2, -0.15) is 9.78 Å².